The van der Waals surface area contributed by atoms with Crippen molar-refractivity contribution in [2.45, 2.75) is 52.6 Å². The van der Waals surface area contributed by atoms with E-state index in [-0.39, 0.29) is 6.92 Å². The fourth-order valence-electron chi connectivity index (χ4n) is 1.52. The lowest BCUT2D eigenvalue weighted by molar-refractivity contribution is -0.110. The van der Waals surface area contributed by atoms with Crippen LogP contribution in [0.25, 0.3) is 0 Å². The molecule has 0 aliphatic heterocycles. The van der Waals surface area contributed by atoms with E-state index >= 15 is 0 Å². The van der Waals surface area contributed by atoms with E-state index < -0.39 is 6.18 Å². The minimum atomic E-state index is -4.00. The van der Waals surface area contributed by atoms with Gasteiger partial charge < -0.3 is 0 Å². The van der Waals surface area contributed by atoms with Gasteiger partial charge >= 0.3 is 6.18 Å². The van der Waals surface area contributed by atoms with Crippen molar-refractivity contribution >= 4 is 0 Å². The molecule has 1 aromatic carbocycles. The molecule has 1 aromatic rings. The van der Waals surface area contributed by atoms with Crippen LogP contribution >= 0.6 is 0 Å². The van der Waals surface area contributed by atoms with Gasteiger partial charge in [-0.1, -0.05) is 45.0 Å². The number of alkyl halides is 3. The maximum absolute atomic E-state index is 10.4. The molecular weight excluding hydrogens is 225 g/mol. The molecule has 0 aliphatic carbocycles. The van der Waals surface area contributed by atoms with Gasteiger partial charge in [-0.3, -0.25) is 0 Å². The summed E-state index contributed by atoms with van der Waals surface area (Å²) in [4.78, 5) is 0. The topological polar surface area (TPSA) is 0 Å². The highest BCUT2D eigenvalue weighted by Gasteiger charge is 2.18. The Bertz CT molecular complexity index is 332. The van der Waals surface area contributed by atoms with Gasteiger partial charge in [-0.15, -0.1) is 0 Å². The molecule has 0 atom stereocenters. The summed E-state index contributed by atoms with van der Waals surface area (Å²) in [5, 5.41) is 0. The third-order valence-electron chi connectivity index (χ3n) is 2.76. The summed E-state index contributed by atoms with van der Waals surface area (Å²) in [5.74, 6) is 0. The lowest BCUT2D eigenvalue weighted by Crippen LogP contribution is -2.16. The second kappa shape index (κ2) is 6.08. The zero-order valence-corrected chi connectivity index (χ0v) is 11.2. The molecule has 0 heterocycles. The van der Waals surface area contributed by atoms with Crippen molar-refractivity contribution in [1.82, 2.24) is 0 Å². The summed E-state index contributed by atoms with van der Waals surface area (Å²) in [6, 6.07) is 8.65. The third kappa shape index (κ3) is 7.03. The Morgan fingerprint density at radius 2 is 1.41 bits per heavy atom. The molecule has 0 spiro atoms. The van der Waals surface area contributed by atoms with E-state index in [9.17, 15) is 13.2 Å². The van der Waals surface area contributed by atoms with Gasteiger partial charge in [-0.2, -0.15) is 13.2 Å². The summed E-state index contributed by atoms with van der Waals surface area (Å²) in [6.45, 7) is 9.22. The molecule has 0 bridgehead atoms. The van der Waals surface area contributed by atoms with E-state index in [0.29, 0.717) is 5.41 Å². The Hall–Kier alpha value is -0.990. The van der Waals surface area contributed by atoms with Crippen molar-refractivity contribution in [3.8, 4) is 0 Å². The molecule has 98 valence electrons. The predicted molar refractivity (Wildman–Crippen MR) is 66.2 cm³/mol. The highest BCUT2D eigenvalue weighted by atomic mass is 19.4. The Morgan fingerprint density at radius 1 is 1.00 bits per heavy atom. The van der Waals surface area contributed by atoms with E-state index in [0.717, 1.165) is 0 Å². The standard InChI is InChI=1S/C12H18.C2H3F3/c1-5-12(3,4)11-9-7-6-8-10(11)2;1-2(3,4)5/h6-9H,5H2,1-4H3;1H3. The number of halogens is 3. The van der Waals surface area contributed by atoms with Gasteiger partial charge in [0.05, 0.1) is 0 Å². The summed E-state index contributed by atoms with van der Waals surface area (Å²) in [7, 11) is 0. The molecule has 0 saturated heterocycles. The average molecular weight is 246 g/mol. The zero-order valence-electron chi connectivity index (χ0n) is 11.2. The minimum Gasteiger partial charge on any atom is -0.172 e. The normalized spacial score (nSPS) is 11.8. The Balaban J connectivity index is 0.000000437. The fraction of sp³-hybridized carbons (Fsp3) is 0.571. The van der Waals surface area contributed by atoms with Crippen molar-refractivity contribution in [3.63, 3.8) is 0 Å². The molecule has 3 heteroatoms. The van der Waals surface area contributed by atoms with Crippen LogP contribution in [0.15, 0.2) is 24.3 Å². The van der Waals surface area contributed by atoms with Gasteiger partial charge in [-0.25, -0.2) is 0 Å². The van der Waals surface area contributed by atoms with Gasteiger partial charge in [0, 0.05) is 6.92 Å². The van der Waals surface area contributed by atoms with Crippen LogP contribution in [0.5, 0.6) is 0 Å². The van der Waals surface area contributed by atoms with Gasteiger partial charge in [0.25, 0.3) is 0 Å². The van der Waals surface area contributed by atoms with Gasteiger partial charge in [-0.05, 0) is 29.9 Å². The molecule has 17 heavy (non-hydrogen) atoms. The SMILES string of the molecule is CC(F)(F)F.CCC(C)(C)c1ccccc1C. The molecule has 0 aromatic heterocycles. The predicted octanol–water partition coefficient (Wildman–Crippen LogP) is 5.25. The van der Waals surface area contributed by atoms with Crippen LogP contribution in [0, 0.1) is 6.92 Å². The van der Waals surface area contributed by atoms with Crippen molar-refractivity contribution in [2.24, 2.45) is 0 Å². The Labute approximate surface area is 102 Å². The van der Waals surface area contributed by atoms with Gasteiger partial charge in [0.1, 0.15) is 0 Å². The van der Waals surface area contributed by atoms with Crippen LogP contribution in [0.1, 0.15) is 45.2 Å². The van der Waals surface area contributed by atoms with Crippen LogP contribution in [-0.4, -0.2) is 6.18 Å². The molecule has 0 fully saturated rings. The highest BCUT2D eigenvalue weighted by molar-refractivity contribution is 5.31. The van der Waals surface area contributed by atoms with E-state index in [1.54, 1.807) is 0 Å². The number of benzene rings is 1. The molecular formula is C14H21F3. The smallest absolute Gasteiger partial charge is 0.172 e. The maximum atomic E-state index is 10.4. The lowest BCUT2D eigenvalue weighted by Gasteiger charge is -2.25. The van der Waals surface area contributed by atoms with E-state index in [1.165, 1.54) is 17.5 Å². The van der Waals surface area contributed by atoms with Crippen LogP contribution in [0.3, 0.4) is 0 Å². The van der Waals surface area contributed by atoms with Crippen LogP contribution in [0.2, 0.25) is 0 Å². The first kappa shape index (κ1) is 16.0. The molecule has 0 radical (unpaired) electrons. The zero-order chi connectivity index (χ0) is 13.7. The second-order valence-electron chi connectivity index (χ2n) is 4.83. The maximum Gasteiger partial charge on any atom is 0.386 e. The van der Waals surface area contributed by atoms with Gasteiger partial charge in [0.15, 0.2) is 0 Å². The van der Waals surface area contributed by atoms with Crippen molar-refractivity contribution < 1.29 is 13.2 Å². The van der Waals surface area contributed by atoms with E-state index in [2.05, 4.69) is 52.0 Å². The van der Waals surface area contributed by atoms with Crippen molar-refractivity contribution in [3.05, 3.63) is 35.4 Å². The molecule has 0 unspecified atom stereocenters. The largest absolute Gasteiger partial charge is 0.386 e. The molecule has 0 saturated carbocycles. The molecule has 0 amide bonds. The number of hydrogen-bond acceptors (Lipinski definition) is 0. The summed E-state index contributed by atoms with van der Waals surface area (Å²) in [6.07, 6.45) is -2.81. The first-order valence-corrected chi connectivity index (χ1v) is 5.70. The van der Waals surface area contributed by atoms with Crippen LogP contribution in [-0.2, 0) is 5.41 Å². The van der Waals surface area contributed by atoms with Crippen molar-refractivity contribution in [1.29, 1.82) is 0 Å². The van der Waals surface area contributed by atoms with E-state index in [4.69, 9.17) is 0 Å². The summed E-state index contributed by atoms with van der Waals surface area (Å²) < 4.78 is 31.1. The number of hydrogen-bond donors (Lipinski definition) is 0. The minimum absolute atomic E-state index is 0.188. The van der Waals surface area contributed by atoms with Gasteiger partial charge in [0.2, 0.25) is 0 Å². The van der Waals surface area contributed by atoms with Crippen molar-refractivity contribution in [2.75, 3.05) is 0 Å². The number of rotatable bonds is 2. The summed E-state index contributed by atoms with van der Waals surface area (Å²) >= 11 is 0. The second-order valence-corrected chi connectivity index (χ2v) is 4.83. The third-order valence-corrected chi connectivity index (χ3v) is 2.76. The molecule has 0 aliphatic rings. The monoisotopic (exact) mass is 246 g/mol. The summed E-state index contributed by atoms with van der Waals surface area (Å²) in [5.41, 5.74) is 3.21. The Kier molecular flexibility index (Phi) is 5.73. The molecule has 1 rings (SSSR count). The fourth-order valence-corrected chi connectivity index (χ4v) is 1.52. The van der Waals surface area contributed by atoms with Crippen LogP contribution < -0.4 is 0 Å². The Morgan fingerprint density at radius 3 is 1.76 bits per heavy atom. The lowest BCUT2D eigenvalue weighted by atomic mass is 9.80. The van der Waals surface area contributed by atoms with Crippen LogP contribution in [0.4, 0.5) is 13.2 Å². The average Bonchev–Trinajstić information content (AvgIpc) is 2.15. The molecule has 0 nitrogen and oxygen atoms in total. The molecule has 0 N–H and O–H groups in total. The first-order valence-electron chi connectivity index (χ1n) is 5.70. The first-order chi connectivity index (χ1) is 7.58. The highest BCUT2D eigenvalue weighted by Crippen LogP contribution is 2.28. The van der Waals surface area contributed by atoms with E-state index in [1.807, 2.05) is 0 Å². The number of aryl methyl sites for hydroxylation is 1. The quantitative estimate of drug-likeness (QED) is 0.668.